The third kappa shape index (κ3) is 27.2. The highest BCUT2D eigenvalue weighted by atomic mass is 79.9. The van der Waals surface area contributed by atoms with E-state index in [1.54, 1.807) is 29.2 Å². The predicted octanol–water partition coefficient (Wildman–Crippen LogP) is 25.7. The molecule has 4 aliphatic rings. The molecular weight excluding hydrogens is 1740 g/mol. The second kappa shape index (κ2) is 49.0. The summed E-state index contributed by atoms with van der Waals surface area (Å²) in [5.41, 5.74) is 28.2. The van der Waals surface area contributed by atoms with Gasteiger partial charge in [0.2, 0.25) is 0 Å². The molecule has 3 heterocycles. The molecule has 6 N–H and O–H groups in total. The van der Waals surface area contributed by atoms with Crippen LogP contribution in [-0.4, -0.2) is 151 Å². The molecule has 0 radical (unpaired) electrons. The lowest BCUT2D eigenvalue weighted by Crippen LogP contribution is -2.50. The number of piperidine rings is 1. The van der Waals surface area contributed by atoms with Crippen LogP contribution in [0.4, 0.5) is 21.9 Å². The highest BCUT2D eigenvalue weighted by Gasteiger charge is 2.28. The number of aliphatic hydroxyl groups excluding tert-OH is 4. The molecule has 0 aromatic heterocycles. The Hall–Kier alpha value is -11.4. The molecular formula is C115H127Br2N5O8. The maximum absolute atomic E-state index is 12.4. The number of piperazine rings is 2. The Kier molecular flexibility index (Phi) is 36.3. The Morgan fingerprint density at radius 3 is 0.846 bits per heavy atom. The van der Waals surface area contributed by atoms with Crippen molar-refractivity contribution in [3.8, 4) is 11.5 Å². The fourth-order valence-corrected chi connectivity index (χ4v) is 18.2. The Morgan fingerprint density at radius 1 is 0.315 bits per heavy atom. The smallest absolute Gasteiger partial charge is 0.410 e. The number of carbonyl (C=O) groups is 1. The van der Waals surface area contributed by atoms with Gasteiger partial charge >= 0.3 is 6.09 Å². The minimum Gasteiger partial charge on any atom is -0.508 e. The molecule has 0 atom stereocenters. The zero-order valence-electron chi connectivity index (χ0n) is 75.9. The van der Waals surface area contributed by atoms with E-state index in [2.05, 4.69) is 301 Å². The topological polar surface area (TPSA) is 164 Å². The Bertz CT molecular complexity index is 5590. The van der Waals surface area contributed by atoms with Crippen LogP contribution in [0.25, 0.3) is 44.6 Å². The van der Waals surface area contributed by atoms with Gasteiger partial charge < -0.3 is 59.9 Å². The van der Waals surface area contributed by atoms with Gasteiger partial charge in [0.15, 0.2) is 0 Å². The molecule has 674 valence electrons. The molecule has 3 aliphatic heterocycles. The molecule has 130 heavy (non-hydrogen) atoms. The van der Waals surface area contributed by atoms with E-state index in [1.807, 2.05) is 69.3 Å². The first-order valence-corrected chi connectivity index (χ1v) is 48.0. The molecule has 4 fully saturated rings. The number of aliphatic hydroxyl groups is 4. The number of halogens is 2. The second-order valence-corrected chi connectivity index (χ2v) is 36.8. The number of anilines is 3. The molecule has 3 saturated heterocycles. The number of likely N-dealkylation sites (N-methyl/N-ethyl adjacent to an activating group) is 1. The summed E-state index contributed by atoms with van der Waals surface area (Å²) in [6, 6.07) is 109. The molecule has 0 spiro atoms. The number of nitrogens with zero attached hydrogens (tertiary/aromatic N) is 5. The standard InChI is InChI=1S/C32H38N2O4.C28H31BrN2O.C28H31NO2.C27H27BrO/c1-32(2,3)38-31(37)34-21-19-33(20-22-34)27-15-11-25(12-16-27)30(26-13-17-28(36)18-14-26)29(10-7-23-35)24-8-5-4-6-9-24;1-30-17-19-31(20-18-30)26-15-11-24(12-16-26)28(23-9-13-25(29)14-10-23)27(8-5-21-32)22-6-3-2-4-7-22;30-21-7-10-27(22-8-3-1-4-9-22)28(24-13-17-26(31)18-14-24)23-11-15-25(16-12-23)29-19-5-2-6-20-29;28-25-17-15-24(16-18-25)27(23-13-11-21(12-14-23)20-8-4-9-20)26(10-5-19-29)22-6-2-1-3-7-22/h4-6,8-9,11-18,35-36H,7,10,19-23H2,1-3H3;2-4,6-7,9-16,32H,5,8,17-21H2,1H3;1,3-4,8-9,11-18,30-31H,2,5-7,10,19-21H2;1-3,6-7,11-18,20,29H,4-5,8-10,19H2/b30-29+;28-27-;28-27+;27-26+. The molecule has 1 saturated carbocycles. The summed E-state index contributed by atoms with van der Waals surface area (Å²) >= 11 is 7.14. The van der Waals surface area contributed by atoms with Crippen LogP contribution in [0.2, 0.25) is 0 Å². The van der Waals surface area contributed by atoms with Crippen molar-refractivity contribution < 1.29 is 40.2 Å². The van der Waals surface area contributed by atoms with E-state index in [0.717, 1.165) is 156 Å². The molecule has 15 heteroatoms. The van der Waals surface area contributed by atoms with Crippen molar-refractivity contribution in [2.45, 2.75) is 122 Å². The quantitative estimate of drug-likeness (QED) is 0.0258. The number of phenolic OH excluding ortho intramolecular Hbond substituents is 2. The first kappa shape index (κ1) is 96.2. The minimum absolute atomic E-state index is 0.118. The number of amides is 1. The van der Waals surface area contributed by atoms with Crippen molar-refractivity contribution in [3.63, 3.8) is 0 Å². The third-order valence-electron chi connectivity index (χ3n) is 24.7. The summed E-state index contributed by atoms with van der Waals surface area (Å²) in [5, 5.41) is 58.0. The first-order chi connectivity index (χ1) is 63.4. The number of allylic oxidation sites excluding steroid dienone is 4. The number of hydrogen-bond donors (Lipinski definition) is 6. The van der Waals surface area contributed by atoms with Gasteiger partial charge in [-0.05, 0) is 319 Å². The summed E-state index contributed by atoms with van der Waals surface area (Å²) in [4.78, 5) is 23.8. The largest absolute Gasteiger partial charge is 0.508 e. The van der Waals surface area contributed by atoms with E-state index in [9.17, 15) is 35.4 Å². The van der Waals surface area contributed by atoms with Gasteiger partial charge in [0.1, 0.15) is 17.1 Å². The van der Waals surface area contributed by atoms with Gasteiger partial charge in [-0.15, -0.1) is 0 Å². The molecule has 0 unspecified atom stereocenters. The summed E-state index contributed by atoms with van der Waals surface area (Å²) < 4.78 is 7.68. The van der Waals surface area contributed by atoms with E-state index in [1.165, 1.54) is 122 Å². The molecule has 12 aromatic carbocycles. The van der Waals surface area contributed by atoms with Crippen LogP contribution in [0.5, 0.6) is 11.5 Å². The van der Waals surface area contributed by atoms with Crippen LogP contribution >= 0.6 is 31.9 Å². The summed E-state index contributed by atoms with van der Waals surface area (Å²) in [6.45, 7) is 15.6. The number of benzene rings is 12. The van der Waals surface area contributed by atoms with Crippen LogP contribution in [0.1, 0.15) is 189 Å². The lowest BCUT2D eigenvalue weighted by Gasteiger charge is -2.36. The van der Waals surface area contributed by atoms with E-state index in [-0.39, 0.29) is 44.0 Å². The lowest BCUT2D eigenvalue weighted by molar-refractivity contribution is 0.0240. The van der Waals surface area contributed by atoms with Crippen LogP contribution in [-0.2, 0) is 4.74 Å². The van der Waals surface area contributed by atoms with Crippen molar-refractivity contribution in [2.24, 2.45) is 0 Å². The summed E-state index contributed by atoms with van der Waals surface area (Å²) in [7, 11) is 2.19. The van der Waals surface area contributed by atoms with E-state index in [0.29, 0.717) is 25.9 Å². The van der Waals surface area contributed by atoms with Crippen LogP contribution in [0, 0.1) is 0 Å². The lowest BCUT2D eigenvalue weighted by atomic mass is 9.79. The van der Waals surface area contributed by atoms with E-state index in [4.69, 9.17) is 4.74 Å². The Labute approximate surface area is 788 Å². The zero-order valence-corrected chi connectivity index (χ0v) is 79.1. The molecule has 12 aromatic rings. The van der Waals surface area contributed by atoms with Crippen molar-refractivity contribution in [1.29, 1.82) is 0 Å². The van der Waals surface area contributed by atoms with Crippen LogP contribution in [0.3, 0.4) is 0 Å². The molecule has 1 aliphatic carbocycles. The molecule has 16 rings (SSSR count). The summed E-state index contributed by atoms with van der Waals surface area (Å²) in [6.07, 6.45) is 13.6. The zero-order chi connectivity index (χ0) is 91.0. The maximum atomic E-state index is 12.4. The highest BCUT2D eigenvalue weighted by molar-refractivity contribution is 9.10. The van der Waals surface area contributed by atoms with Gasteiger partial charge in [-0.25, -0.2) is 4.79 Å². The Balaban J connectivity index is 0.000000148. The number of phenols is 2. The number of hydrogen-bond acceptors (Lipinski definition) is 12. The molecule has 0 bridgehead atoms. The van der Waals surface area contributed by atoms with Crippen molar-refractivity contribution in [1.82, 2.24) is 9.80 Å². The fourth-order valence-electron chi connectivity index (χ4n) is 17.7. The Morgan fingerprint density at radius 2 is 0.577 bits per heavy atom. The highest BCUT2D eigenvalue weighted by Crippen LogP contribution is 2.44. The van der Waals surface area contributed by atoms with Crippen molar-refractivity contribution >= 4 is 99.6 Å². The van der Waals surface area contributed by atoms with Gasteiger partial charge in [0.25, 0.3) is 0 Å². The number of carbonyl (C=O) groups excluding carboxylic acids is 1. The molecule has 13 nitrogen and oxygen atoms in total. The van der Waals surface area contributed by atoms with E-state index >= 15 is 0 Å². The van der Waals surface area contributed by atoms with Gasteiger partial charge in [0.05, 0.1) is 0 Å². The number of aromatic hydroxyl groups is 2. The SMILES string of the molecule is CC(C)(C)OC(=O)N1CCN(c2ccc(/C(=C(/CCCO)c3ccccc3)c3ccc(O)cc3)cc2)CC1.CN1CCN(c2ccc(/C(=C(/CCCO)c3ccccc3)c3ccc(Br)cc3)cc2)CC1.OCCC/C(=C(\c1ccc(Br)cc1)c1ccc(C2CCC2)cc1)c1ccccc1.OCCC/C(=C(\c1ccc(O)cc1)c1ccc(N2CCCCC2)cc1)c1ccccc1. The number of rotatable bonds is 28. The predicted molar refractivity (Wildman–Crippen MR) is 547 cm³/mol. The van der Waals surface area contributed by atoms with Gasteiger partial charge in [0, 0.05) is 118 Å². The maximum Gasteiger partial charge on any atom is 0.410 e. The monoisotopic (exact) mass is 1860 g/mol. The second-order valence-electron chi connectivity index (χ2n) is 35.0. The number of ether oxygens (including phenoxy) is 1. The summed E-state index contributed by atoms with van der Waals surface area (Å²) in [5.74, 6) is 1.23. The average Bonchev–Trinajstić information content (AvgIpc) is 0.804. The van der Waals surface area contributed by atoms with Crippen molar-refractivity contribution in [2.75, 3.05) is 114 Å². The van der Waals surface area contributed by atoms with Gasteiger partial charge in [-0.1, -0.05) is 269 Å². The fraction of sp³-hybridized carbons (Fsp3) is 0.296. The normalized spacial score (nSPS) is 15.0. The van der Waals surface area contributed by atoms with Gasteiger partial charge in [-0.3, -0.25) is 0 Å². The van der Waals surface area contributed by atoms with E-state index < -0.39 is 5.60 Å². The van der Waals surface area contributed by atoms with Gasteiger partial charge in [-0.2, -0.15) is 0 Å². The average molecular weight is 1870 g/mol. The minimum atomic E-state index is -0.497. The third-order valence-corrected chi connectivity index (χ3v) is 25.8. The van der Waals surface area contributed by atoms with Crippen LogP contribution in [0.15, 0.2) is 324 Å². The molecule has 1 amide bonds. The van der Waals surface area contributed by atoms with Crippen LogP contribution < -0.4 is 14.7 Å². The first-order valence-electron chi connectivity index (χ1n) is 46.4. The van der Waals surface area contributed by atoms with Crippen molar-refractivity contribution in [3.05, 3.63) is 397 Å².